The SMILES string of the molecule is O=C(O)c1sc(N(c2c[nH]c(-c3ccccc3)c2)S(=O)O)cc1F. The molecule has 0 aliphatic carbocycles. The normalized spacial score (nSPS) is 12.1. The maximum atomic E-state index is 13.7. The van der Waals surface area contributed by atoms with Gasteiger partial charge in [-0.3, -0.25) is 4.55 Å². The molecule has 0 aliphatic rings. The van der Waals surface area contributed by atoms with Gasteiger partial charge in [-0.1, -0.05) is 30.3 Å². The summed E-state index contributed by atoms with van der Waals surface area (Å²) in [6.45, 7) is 0. The third kappa shape index (κ3) is 3.09. The quantitative estimate of drug-likeness (QED) is 0.598. The van der Waals surface area contributed by atoms with E-state index >= 15 is 0 Å². The summed E-state index contributed by atoms with van der Waals surface area (Å²) < 4.78 is 35.9. The maximum Gasteiger partial charge on any atom is 0.348 e. The molecule has 0 amide bonds. The number of carbonyl (C=O) groups is 1. The number of thiophene rings is 1. The minimum atomic E-state index is -2.49. The van der Waals surface area contributed by atoms with Crippen molar-refractivity contribution in [3.63, 3.8) is 0 Å². The van der Waals surface area contributed by atoms with Crippen molar-refractivity contribution in [1.29, 1.82) is 0 Å². The lowest BCUT2D eigenvalue weighted by molar-refractivity contribution is 0.0697. The number of halogens is 1. The first kappa shape index (κ1) is 16.4. The van der Waals surface area contributed by atoms with Gasteiger partial charge in [-0.15, -0.1) is 11.3 Å². The predicted octanol–water partition coefficient (Wildman–Crippen LogP) is 3.86. The highest BCUT2D eigenvalue weighted by atomic mass is 32.2. The number of aromatic nitrogens is 1. The van der Waals surface area contributed by atoms with E-state index in [0.29, 0.717) is 22.7 Å². The first-order valence-corrected chi connectivity index (χ1v) is 8.53. The van der Waals surface area contributed by atoms with Crippen LogP contribution in [0.5, 0.6) is 0 Å². The number of hydrogen-bond donors (Lipinski definition) is 3. The summed E-state index contributed by atoms with van der Waals surface area (Å²) in [5.41, 5.74) is 1.89. The molecule has 2 aromatic heterocycles. The molecule has 0 radical (unpaired) electrons. The number of nitrogens with one attached hydrogen (secondary N) is 1. The number of rotatable bonds is 5. The Balaban J connectivity index is 2.01. The molecule has 24 heavy (non-hydrogen) atoms. The summed E-state index contributed by atoms with van der Waals surface area (Å²) in [6.07, 6.45) is 1.49. The second-order valence-electron chi connectivity index (χ2n) is 4.73. The largest absolute Gasteiger partial charge is 0.477 e. The molecular weight excluding hydrogens is 355 g/mol. The van der Waals surface area contributed by atoms with Crippen molar-refractivity contribution in [2.45, 2.75) is 0 Å². The number of benzene rings is 1. The van der Waals surface area contributed by atoms with Crippen molar-refractivity contribution >= 4 is 39.3 Å². The Hall–Kier alpha value is -2.49. The molecule has 1 aromatic carbocycles. The molecule has 6 nitrogen and oxygen atoms in total. The fourth-order valence-corrected chi connectivity index (χ4v) is 3.78. The molecule has 0 spiro atoms. The number of carboxylic acids is 1. The van der Waals surface area contributed by atoms with Gasteiger partial charge in [-0.25, -0.2) is 17.7 Å². The van der Waals surface area contributed by atoms with Crippen LogP contribution < -0.4 is 4.31 Å². The Morgan fingerprint density at radius 1 is 1.25 bits per heavy atom. The zero-order valence-corrected chi connectivity index (χ0v) is 13.6. The Bertz CT molecular complexity index is 907. The van der Waals surface area contributed by atoms with E-state index in [4.69, 9.17) is 5.11 Å². The van der Waals surface area contributed by atoms with Crippen molar-refractivity contribution in [1.82, 2.24) is 4.98 Å². The van der Waals surface area contributed by atoms with Crippen LogP contribution in [0.15, 0.2) is 48.7 Å². The molecule has 2 heterocycles. The minimum Gasteiger partial charge on any atom is -0.477 e. The molecule has 0 fully saturated rings. The van der Waals surface area contributed by atoms with Gasteiger partial charge in [0, 0.05) is 18.0 Å². The summed E-state index contributed by atoms with van der Waals surface area (Å²) in [5, 5.41) is 8.95. The molecule has 0 bridgehead atoms. The molecule has 9 heteroatoms. The van der Waals surface area contributed by atoms with Gasteiger partial charge in [0.15, 0.2) is 5.82 Å². The highest BCUT2D eigenvalue weighted by Gasteiger charge is 2.24. The number of H-pyrrole nitrogens is 1. The summed E-state index contributed by atoms with van der Waals surface area (Å²) in [5.74, 6) is -2.37. The van der Waals surface area contributed by atoms with E-state index < -0.39 is 27.9 Å². The highest BCUT2D eigenvalue weighted by Crippen LogP contribution is 2.36. The fraction of sp³-hybridized carbons (Fsp3) is 0. The molecule has 1 unspecified atom stereocenters. The molecule has 3 N–H and O–H groups in total. The Labute approximate surface area is 142 Å². The van der Waals surface area contributed by atoms with Crippen LogP contribution in [0.2, 0.25) is 0 Å². The Morgan fingerprint density at radius 2 is 1.96 bits per heavy atom. The van der Waals surface area contributed by atoms with Crippen LogP contribution in [0.3, 0.4) is 0 Å². The third-order valence-electron chi connectivity index (χ3n) is 3.21. The van der Waals surface area contributed by atoms with Crippen LogP contribution in [0.25, 0.3) is 11.3 Å². The third-order valence-corrected chi connectivity index (χ3v) is 5.13. The van der Waals surface area contributed by atoms with Crippen molar-refractivity contribution in [3.8, 4) is 11.3 Å². The smallest absolute Gasteiger partial charge is 0.348 e. The van der Waals surface area contributed by atoms with E-state index in [9.17, 15) is 17.9 Å². The summed E-state index contributed by atoms with van der Waals surface area (Å²) in [4.78, 5) is 13.4. The second kappa shape index (κ2) is 6.56. The van der Waals surface area contributed by atoms with Gasteiger partial charge >= 0.3 is 5.97 Å². The van der Waals surface area contributed by atoms with Gasteiger partial charge in [0.25, 0.3) is 11.3 Å². The Kier molecular flexibility index (Phi) is 4.47. The van der Waals surface area contributed by atoms with Crippen molar-refractivity contribution < 1.29 is 23.1 Å². The Morgan fingerprint density at radius 3 is 2.54 bits per heavy atom. The summed E-state index contributed by atoms with van der Waals surface area (Å²) >= 11 is -1.90. The molecule has 0 saturated heterocycles. The first-order chi connectivity index (χ1) is 11.5. The minimum absolute atomic E-state index is 0.0179. The lowest BCUT2D eigenvalue weighted by Gasteiger charge is -2.15. The van der Waals surface area contributed by atoms with Crippen LogP contribution >= 0.6 is 11.3 Å². The number of hydrogen-bond acceptors (Lipinski definition) is 3. The highest BCUT2D eigenvalue weighted by molar-refractivity contribution is 7.81. The monoisotopic (exact) mass is 366 g/mol. The summed E-state index contributed by atoms with van der Waals surface area (Å²) in [6, 6.07) is 11.9. The summed E-state index contributed by atoms with van der Waals surface area (Å²) in [7, 11) is 0. The number of aromatic amines is 1. The molecular formula is C15H11FN2O4S2. The van der Waals surface area contributed by atoms with Crippen LogP contribution in [0, 0.1) is 5.82 Å². The maximum absolute atomic E-state index is 13.7. The van der Waals surface area contributed by atoms with Crippen LogP contribution in [-0.2, 0) is 11.3 Å². The zero-order chi connectivity index (χ0) is 17.3. The molecule has 0 saturated carbocycles. The van der Waals surface area contributed by atoms with E-state index in [1.807, 2.05) is 30.3 Å². The zero-order valence-electron chi connectivity index (χ0n) is 12.0. The number of carboxylic acid groups (broad SMARTS) is 1. The van der Waals surface area contributed by atoms with Crippen molar-refractivity contribution in [3.05, 3.63) is 59.4 Å². The lowest BCUT2D eigenvalue weighted by Crippen LogP contribution is -2.17. The molecule has 1 atom stereocenters. The average molecular weight is 366 g/mol. The first-order valence-electron chi connectivity index (χ1n) is 6.65. The van der Waals surface area contributed by atoms with E-state index in [-0.39, 0.29) is 5.00 Å². The van der Waals surface area contributed by atoms with Gasteiger partial charge in [0.05, 0.1) is 5.69 Å². The topological polar surface area (TPSA) is 93.6 Å². The predicted molar refractivity (Wildman–Crippen MR) is 90.4 cm³/mol. The number of nitrogens with zero attached hydrogens (tertiary/aromatic N) is 1. The van der Waals surface area contributed by atoms with Gasteiger partial charge < -0.3 is 10.1 Å². The molecule has 0 aliphatic heterocycles. The lowest BCUT2D eigenvalue weighted by atomic mass is 10.1. The standard InChI is InChI=1S/C15H11FN2O4S2/c16-11-7-13(23-14(11)15(19)20)18(24(21)22)10-6-12(17-8-10)9-4-2-1-3-5-9/h1-8,17H,(H,19,20)(H,21,22). The van der Waals surface area contributed by atoms with Gasteiger partial charge in [0.1, 0.15) is 9.88 Å². The molecule has 124 valence electrons. The van der Waals surface area contributed by atoms with Crippen LogP contribution in [0.1, 0.15) is 9.67 Å². The van der Waals surface area contributed by atoms with E-state index in [2.05, 4.69) is 4.98 Å². The number of aromatic carboxylic acids is 1. The van der Waals surface area contributed by atoms with E-state index in [1.165, 1.54) is 6.20 Å². The average Bonchev–Trinajstić information content (AvgIpc) is 3.16. The van der Waals surface area contributed by atoms with Crippen LogP contribution in [0.4, 0.5) is 15.1 Å². The van der Waals surface area contributed by atoms with Gasteiger partial charge in [-0.05, 0) is 11.6 Å². The fourth-order valence-electron chi connectivity index (χ4n) is 2.18. The molecule has 3 aromatic rings. The second-order valence-corrected chi connectivity index (χ2v) is 6.59. The van der Waals surface area contributed by atoms with Crippen molar-refractivity contribution in [2.24, 2.45) is 0 Å². The van der Waals surface area contributed by atoms with E-state index in [0.717, 1.165) is 15.9 Å². The van der Waals surface area contributed by atoms with E-state index in [1.54, 1.807) is 6.07 Å². The van der Waals surface area contributed by atoms with Crippen molar-refractivity contribution in [2.75, 3.05) is 4.31 Å². The van der Waals surface area contributed by atoms with Gasteiger partial charge in [0.2, 0.25) is 0 Å². The van der Waals surface area contributed by atoms with Crippen LogP contribution in [-0.4, -0.2) is 24.8 Å². The number of anilines is 2. The molecule has 3 rings (SSSR count). The van der Waals surface area contributed by atoms with Gasteiger partial charge in [-0.2, -0.15) is 0 Å².